The van der Waals surface area contributed by atoms with Gasteiger partial charge in [-0.15, -0.1) is 0 Å². The van der Waals surface area contributed by atoms with Crippen LogP contribution in [0, 0.1) is 6.92 Å². The fraction of sp³-hybridized carbons (Fsp3) is 0.263. The Labute approximate surface area is 141 Å². The molecule has 0 bridgehead atoms. The summed E-state index contributed by atoms with van der Waals surface area (Å²) in [4.78, 5) is 14.2. The van der Waals surface area contributed by atoms with E-state index >= 15 is 0 Å². The van der Waals surface area contributed by atoms with Crippen LogP contribution in [0.1, 0.15) is 5.69 Å². The van der Waals surface area contributed by atoms with Crippen LogP contribution in [0.3, 0.4) is 0 Å². The lowest BCUT2D eigenvalue weighted by molar-refractivity contribution is 0.475. The second kappa shape index (κ2) is 6.00. The number of rotatable bonds is 2. The zero-order chi connectivity index (χ0) is 16.5. The normalized spacial score (nSPS) is 15.0. The summed E-state index contributed by atoms with van der Waals surface area (Å²) in [5.41, 5.74) is 4.01. The molecule has 0 atom stereocenters. The number of hydrogen-bond donors (Lipinski definition) is 1. The van der Waals surface area contributed by atoms with Gasteiger partial charge >= 0.3 is 0 Å². The highest BCUT2D eigenvalue weighted by molar-refractivity contribution is 5.76. The SMILES string of the molecule is Cc1nc2ccccc2nc1N1CCN(c2ccc(O)cc2)CC1. The zero-order valence-electron chi connectivity index (χ0n) is 13.7. The number of aryl methyl sites for hydroxylation is 1. The van der Waals surface area contributed by atoms with Crippen LogP contribution in [0.2, 0.25) is 0 Å². The number of piperazine rings is 1. The van der Waals surface area contributed by atoms with E-state index in [0.29, 0.717) is 5.75 Å². The van der Waals surface area contributed by atoms with Crippen LogP contribution >= 0.6 is 0 Å². The van der Waals surface area contributed by atoms with E-state index in [0.717, 1.165) is 54.4 Å². The van der Waals surface area contributed by atoms with Gasteiger partial charge in [-0.2, -0.15) is 0 Å². The minimum absolute atomic E-state index is 0.305. The number of para-hydroxylation sites is 2. The van der Waals surface area contributed by atoms with E-state index in [-0.39, 0.29) is 0 Å². The maximum atomic E-state index is 9.42. The number of anilines is 2. The average molecular weight is 320 g/mol. The van der Waals surface area contributed by atoms with E-state index in [1.807, 2.05) is 43.3 Å². The Morgan fingerprint density at radius 3 is 2.04 bits per heavy atom. The Morgan fingerprint density at radius 1 is 0.792 bits per heavy atom. The largest absolute Gasteiger partial charge is 0.508 e. The van der Waals surface area contributed by atoms with Crippen LogP contribution in [0.25, 0.3) is 11.0 Å². The minimum Gasteiger partial charge on any atom is -0.508 e. The molecule has 24 heavy (non-hydrogen) atoms. The first-order chi connectivity index (χ1) is 11.7. The highest BCUT2D eigenvalue weighted by Crippen LogP contribution is 2.24. The number of benzene rings is 2. The molecule has 0 radical (unpaired) electrons. The van der Waals surface area contributed by atoms with E-state index in [1.54, 1.807) is 12.1 Å². The van der Waals surface area contributed by atoms with Gasteiger partial charge in [0.25, 0.3) is 0 Å². The Bertz CT molecular complexity index is 855. The molecule has 1 fully saturated rings. The molecule has 0 unspecified atom stereocenters. The first-order valence-corrected chi connectivity index (χ1v) is 8.23. The summed E-state index contributed by atoms with van der Waals surface area (Å²) in [6, 6.07) is 15.4. The van der Waals surface area contributed by atoms with E-state index in [9.17, 15) is 5.11 Å². The molecule has 4 rings (SSSR count). The molecule has 1 aliphatic heterocycles. The van der Waals surface area contributed by atoms with Crippen LogP contribution in [0.15, 0.2) is 48.5 Å². The van der Waals surface area contributed by atoms with Crippen LogP contribution in [0.5, 0.6) is 5.75 Å². The van der Waals surface area contributed by atoms with Gasteiger partial charge in [0.2, 0.25) is 0 Å². The van der Waals surface area contributed by atoms with Gasteiger partial charge in [-0.05, 0) is 43.3 Å². The number of hydrogen-bond acceptors (Lipinski definition) is 5. The Balaban J connectivity index is 1.53. The second-order valence-electron chi connectivity index (χ2n) is 6.11. The summed E-state index contributed by atoms with van der Waals surface area (Å²) in [6.07, 6.45) is 0. The summed E-state index contributed by atoms with van der Waals surface area (Å²) in [7, 11) is 0. The molecule has 5 heteroatoms. The third-order valence-electron chi connectivity index (χ3n) is 4.51. The van der Waals surface area contributed by atoms with Crippen molar-refractivity contribution >= 4 is 22.5 Å². The molecule has 0 saturated carbocycles. The molecular formula is C19H20N4O. The van der Waals surface area contributed by atoms with Crippen LogP contribution < -0.4 is 9.80 Å². The van der Waals surface area contributed by atoms with Crippen molar-refractivity contribution in [3.8, 4) is 5.75 Å². The van der Waals surface area contributed by atoms with Gasteiger partial charge in [0, 0.05) is 31.9 Å². The Hall–Kier alpha value is -2.82. The smallest absolute Gasteiger partial charge is 0.150 e. The number of phenols is 1. The first-order valence-electron chi connectivity index (χ1n) is 8.23. The Morgan fingerprint density at radius 2 is 1.38 bits per heavy atom. The second-order valence-corrected chi connectivity index (χ2v) is 6.11. The highest BCUT2D eigenvalue weighted by atomic mass is 16.3. The molecule has 1 aliphatic rings. The van der Waals surface area contributed by atoms with Crippen LogP contribution in [-0.2, 0) is 0 Å². The maximum Gasteiger partial charge on any atom is 0.150 e. The monoisotopic (exact) mass is 320 g/mol. The molecular weight excluding hydrogens is 300 g/mol. The number of aromatic hydroxyl groups is 1. The van der Waals surface area contributed by atoms with Crippen LogP contribution in [-0.4, -0.2) is 41.3 Å². The molecule has 2 aromatic carbocycles. The molecule has 1 aromatic heterocycles. The predicted molar refractivity (Wildman–Crippen MR) is 96.8 cm³/mol. The number of nitrogens with zero attached hydrogens (tertiary/aromatic N) is 4. The van der Waals surface area contributed by atoms with E-state index in [2.05, 4.69) is 9.80 Å². The highest BCUT2D eigenvalue weighted by Gasteiger charge is 2.20. The van der Waals surface area contributed by atoms with E-state index in [1.165, 1.54) is 0 Å². The summed E-state index contributed by atoms with van der Waals surface area (Å²) in [6.45, 7) is 5.71. The minimum atomic E-state index is 0.305. The quantitative estimate of drug-likeness (QED) is 0.787. The third kappa shape index (κ3) is 2.73. The molecule has 0 amide bonds. The van der Waals surface area contributed by atoms with Crippen molar-refractivity contribution in [1.82, 2.24) is 9.97 Å². The van der Waals surface area contributed by atoms with Crippen LogP contribution in [0.4, 0.5) is 11.5 Å². The molecule has 0 aliphatic carbocycles. The van der Waals surface area contributed by atoms with Crippen molar-refractivity contribution in [3.63, 3.8) is 0 Å². The molecule has 3 aromatic rings. The Kier molecular flexibility index (Phi) is 3.69. The lowest BCUT2D eigenvalue weighted by atomic mass is 10.2. The number of aromatic nitrogens is 2. The summed E-state index contributed by atoms with van der Waals surface area (Å²) >= 11 is 0. The van der Waals surface area contributed by atoms with Crippen molar-refractivity contribution < 1.29 is 5.11 Å². The first kappa shape index (κ1) is 14.8. The van der Waals surface area contributed by atoms with Gasteiger partial charge < -0.3 is 14.9 Å². The topological polar surface area (TPSA) is 52.5 Å². The van der Waals surface area contributed by atoms with Crippen molar-refractivity contribution in [2.45, 2.75) is 6.92 Å². The van der Waals surface area contributed by atoms with Crippen molar-refractivity contribution in [3.05, 3.63) is 54.2 Å². The van der Waals surface area contributed by atoms with Gasteiger partial charge in [-0.3, -0.25) is 0 Å². The molecule has 122 valence electrons. The fourth-order valence-corrected chi connectivity index (χ4v) is 3.22. The molecule has 1 N–H and O–H groups in total. The lowest BCUT2D eigenvalue weighted by Crippen LogP contribution is -2.47. The van der Waals surface area contributed by atoms with Gasteiger partial charge in [-0.25, -0.2) is 9.97 Å². The van der Waals surface area contributed by atoms with E-state index in [4.69, 9.17) is 9.97 Å². The predicted octanol–water partition coefficient (Wildman–Crippen LogP) is 2.97. The average Bonchev–Trinajstić information content (AvgIpc) is 2.62. The molecule has 5 nitrogen and oxygen atoms in total. The maximum absolute atomic E-state index is 9.42. The standard InChI is InChI=1S/C19H20N4O/c1-14-19(21-18-5-3-2-4-17(18)20-14)23-12-10-22(11-13-23)15-6-8-16(24)9-7-15/h2-9,24H,10-13H2,1H3. The molecule has 1 saturated heterocycles. The van der Waals surface area contributed by atoms with Crippen molar-refractivity contribution in [1.29, 1.82) is 0 Å². The summed E-state index contributed by atoms with van der Waals surface area (Å²) < 4.78 is 0. The summed E-state index contributed by atoms with van der Waals surface area (Å²) in [5.74, 6) is 1.29. The molecule has 2 heterocycles. The summed E-state index contributed by atoms with van der Waals surface area (Å²) in [5, 5.41) is 9.42. The van der Waals surface area contributed by atoms with Crippen molar-refractivity contribution in [2.75, 3.05) is 36.0 Å². The van der Waals surface area contributed by atoms with Gasteiger partial charge in [0.15, 0.2) is 5.82 Å². The lowest BCUT2D eigenvalue weighted by Gasteiger charge is -2.37. The molecule has 0 spiro atoms. The zero-order valence-corrected chi connectivity index (χ0v) is 13.7. The van der Waals surface area contributed by atoms with E-state index < -0.39 is 0 Å². The number of phenolic OH excluding ortho intramolecular Hbond substituents is 1. The fourth-order valence-electron chi connectivity index (χ4n) is 3.22. The van der Waals surface area contributed by atoms with Crippen molar-refractivity contribution in [2.24, 2.45) is 0 Å². The van der Waals surface area contributed by atoms with Gasteiger partial charge in [0.1, 0.15) is 5.75 Å². The third-order valence-corrected chi connectivity index (χ3v) is 4.51. The number of fused-ring (bicyclic) bond motifs is 1. The van der Waals surface area contributed by atoms with Gasteiger partial charge in [0.05, 0.1) is 16.7 Å². The van der Waals surface area contributed by atoms with Gasteiger partial charge in [-0.1, -0.05) is 12.1 Å².